The number of amides is 2. The molecule has 2 amide bonds. The number of benzene rings is 6. The summed E-state index contributed by atoms with van der Waals surface area (Å²) >= 11 is 0. The normalized spacial score (nSPS) is 11.7. The monoisotopic (exact) mass is 507 g/mol. The van der Waals surface area contributed by atoms with Crippen LogP contribution in [0.4, 0.5) is 5.69 Å². The molecule has 0 radical (unpaired) electrons. The Bertz CT molecular complexity index is 1840. The number of nitrogens with zero attached hydrogens (tertiary/aromatic N) is 1. The summed E-state index contributed by atoms with van der Waals surface area (Å²) in [6.45, 7) is 6.30. The van der Waals surface area contributed by atoms with Crippen LogP contribution in [0.15, 0.2) is 121 Å². The second-order valence-electron chi connectivity index (χ2n) is 10.9. The molecule has 0 atom stereocenters. The minimum atomic E-state index is -0.342. The van der Waals surface area contributed by atoms with Crippen LogP contribution in [0.25, 0.3) is 32.3 Å². The van der Waals surface area contributed by atoms with Crippen molar-refractivity contribution in [3.63, 3.8) is 0 Å². The zero-order valence-corrected chi connectivity index (χ0v) is 22.3. The number of anilines is 1. The van der Waals surface area contributed by atoms with Crippen molar-refractivity contribution in [2.75, 3.05) is 4.90 Å². The predicted molar refractivity (Wildman–Crippen MR) is 162 cm³/mol. The zero-order valence-electron chi connectivity index (χ0n) is 22.3. The molecule has 0 saturated carbocycles. The number of para-hydroxylation sites is 1. The number of imide groups is 1. The van der Waals surface area contributed by atoms with Gasteiger partial charge in [0.15, 0.2) is 0 Å². The third-order valence-corrected chi connectivity index (χ3v) is 7.36. The van der Waals surface area contributed by atoms with Crippen LogP contribution in [-0.2, 0) is 5.41 Å². The first-order valence-corrected chi connectivity index (χ1v) is 13.2. The largest absolute Gasteiger partial charge is 0.268 e. The van der Waals surface area contributed by atoms with E-state index in [1.807, 2.05) is 115 Å². The minimum absolute atomic E-state index is 0.297. The van der Waals surface area contributed by atoms with E-state index in [2.05, 4.69) is 26.8 Å². The molecule has 0 aliphatic carbocycles. The van der Waals surface area contributed by atoms with Gasteiger partial charge < -0.3 is 0 Å². The Hall–Kier alpha value is -4.76. The van der Waals surface area contributed by atoms with Gasteiger partial charge in [0.2, 0.25) is 0 Å². The maximum atomic E-state index is 14.9. The first-order chi connectivity index (χ1) is 18.8. The molecular weight excluding hydrogens is 478 g/mol. The summed E-state index contributed by atoms with van der Waals surface area (Å²) in [6, 6.07) is 39.1. The zero-order chi connectivity index (χ0) is 27.1. The Morgan fingerprint density at radius 2 is 1.05 bits per heavy atom. The first kappa shape index (κ1) is 24.6. The van der Waals surface area contributed by atoms with Gasteiger partial charge in [0.05, 0.1) is 11.3 Å². The number of hydrogen-bond acceptors (Lipinski definition) is 2. The molecule has 6 aromatic rings. The molecule has 6 rings (SSSR count). The van der Waals surface area contributed by atoms with Crippen molar-refractivity contribution in [3.05, 3.63) is 138 Å². The van der Waals surface area contributed by atoms with Crippen LogP contribution in [0, 0.1) is 0 Å². The molecule has 0 bridgehead atoms. The Morgan fingerprint density at radius 3 is 1.69 bits per heavy atom. The summed E-state index contributed by atoms with van der Waals surface area (Å²) in [4.78, 5) is 30.9. The highest BCUT2D eigenvalue weighted by atomic mass is 16.2. The highest BCUT2D eigenvalue weighted by Gasteiger charge is 2.33. The van der Waals surface area contributed by atoms with Gasteiger partial charge in [0.25, 0.3) is 11.8 Å². The van der Waals surface area contributed by atoms with Crippen LogP contribution < -0.4 is 4.90 Å². The summed E-state index contributed by atoms with van der Waals surface area (Å²) in [6.07, 6.45) is 0. The fraction of sp³-hybridized carbons (Fsp3) is 0.111. The summed E-state index contributed by atoms with van der Waals surface area (Å²) in [5, 5.41) is 5.34. The molecular formula is C36H29NO2. The third-order valence-electron chi connectivity index (χ3n) is 7.36. The number of fused-ring (bicyclic) bond motifs is 3. The van der Waals surface area contributed by atoms with Crippen LogP contribution in [0.2, 0.25) is 0 Å². The van der Waals surface area contributed by atoms with Gasteiger partial charge in [-0.1, -0.05) is 124 Å². The predicted octanol–water partition coefficient (Wildman–Crippen LogP) is 8.93. The molecule has 0 spiro atoms. The van der Waals surface area contributed by atoms with Gasteiger partial charge in [-0.15, -0.1) is 0 Å². The number of rotatable bonds is 3. The molecule has 0 fully saturated rings. The topological polar surface area (TPSA) is 37.4 Å². The lowest BCUT2D eigenvalue weighted by atomic mass is 9.85. The van der Waals surface area contributed by atoms with Crippen LogP contribution in [0.5, 0.6) is 0 Å². The summed E-state index contributed by atoms with van der Waals surface area (Å²) in [5.41, 5.74) is 2.26. The van der Waals surface area contributed by atoms with Crippen molar-refractivity contribution in [3.8, 4) is 0 Å². The molecule has 39 heavy (non-hydrogen) atoms. The number of carbonyl (C=O) groups excluding carboxylic acids is 2. The molecule has 3 heteroatoms. The van der Waals surface area contributed by atoms with Gasteiger partial charge in [-0.05, 0) is 61.5 Å². The Morgan fingerprint density at radius 1 is 0.538 bits per heavy atom. The minimum Gasteiger partial charge on any atom is -0.268 e. The van der Waals surface area contributed by atoms with Gasteiger partial charge >= 0.3 is 0 Å². The van der Waals surface area contributed by atoms with Crippen LogP contribution in [0.3, 0.4) is 0 Å². The maximum Gasteiger partial charge on any atom is 0.266 e. The molecule has 0 aliphatic heterocycles. The van der Waals surface area contributed by atoms with Gasteiger partial charge in [0.1, 0.15) is 0 Å². The van der Waals surface area contributed by atoms with Crippen molar-refractivity contribution >= 4 is 49.8 Å². The summed E-state index contributed by atoms with van der Waals surface area (Å²) < 4.78 is 0. The van der Waals surface area contributed by atoms with Gasteiger partial charge in [0, 0.05) is 5.56 Å². The van der Waals surface area contributed by atoms with Crippen LogP contribution in [-0.4, -0.2) is 11.8 Å². The van der Waals surface area contributed by atoms with E-state index in [4.69, 9.17) is 0 Å². The third kappa shape index (κ3) is 4.26. The van der Waals surface area contributed by atoms with Crippen molar-refractivity contribution in [1.29, 1.82) is 0 Å². The van der Waals surface area contributed by atoms with E-state index in [0.717, 1.165) is 37.9 Å². The van der Waals surface area contributed by atoms with Crippen LogP contribution >= 0.6 is 0 Å². The smallest absolute Gasteiger partial charge is 0.266 e. The number of carbonyl (C=O) groups is 2. The van der Waals surface area contributed by atoms with Crippen molar-refractivity contribution < 1.29 is 9.59 Å². The molecule has 0 N–H and O–H groups in total. The van der Waals surface area contributed by atoms with Crippen molar-refractivity contribution in [2.45, 2.75) is 26.2 Å². The highest BCUT2D eigenvalue weighted by molar-refractivity contribution is 6.33. The second-order valence-corrected chi connectivity index (χ2v) is 10.9. The molecule has 0 aromatic heterocycles. The average molecular weight is 508 g/mol. The van der Waals surface area contributed by atoms with E-state index in [-0.39, 0.29) is 17.2 Å². The molecule has 3 nitrogen and oxygen atoms in total. The van der Waals surface area contributed by atoms with Crippen molar-refractivity contribution in [2.24, 2.45) is 0 Å². The van der Waals surface area contributed by atoms with E-state index in [0.29, 0.717) is 16.8 Å². The Labute approximate surface area is 228 Å². The molecule has 190 valence electrons. The van der Waals surface area contributed by atoms with Crippen molar-refractivity contribution in [1.82, 2.24) is 0 Å². The fourth-order valence-corrected chi connectivity index (χ4v) is 5.50. The fourth-order valence-electron chi connectivity index (χ4n) is 5.50. The van der Waals surface area contributed by atoms with E-state index >= 15 is 0 Å². The van der Waals surface area contributed by atoms with Gasteiger partial charge in [-0.2, -0.15) is 0 Å². The quantitative estimate of drug-likeness (QED) is 0.177. The van der Waals surface area contributed by atoms with Gasteiger partial charge in [-0.3, -0.25) is 9.59 Å². The summed E-state index contributed by atoms with van der Waals surface area (Å²) in [5.74, 6) is -0.678. The van der Waals surface area contributed by atoms with E-state index in [1.165, 1.54) is 4.90 Å². The van der Waals surface area contributed by atoms with Gasteiger partial charge in [-0.25, -0.2) is 4.90 Å². The first-order valence-electron chi connectivity index (χ1n) is 13.2. The molecule has 0 unspecified atom stereocenters. The molecule has 0 aliphatic rings. The molecule has 0 saturated heterocycles. The summed E-state index contributed by atoms with van der Waals surface area (Å²) in [7, 11) is 0. The maximum absolute atomic E-state index is 14.9. The number of hydrogen-bond donors (Lipinski definition) is 0. The SMILES string of the molecule is CC(C)(C)c1ccccc1N(C(=O)c1cccc2ccccc12)C(=O)c1c2ccccc2cc2ccccc12. The van der Waals surface area contributed by atoms with E-state index in [9.17, 15) is 9.59 Å². The standard InChI is InChI=1S/C36H29NO2/c1-36(2,3)31-21-10-11-22-32(31)37(34(38)30-20-12-16-24-13-4-7-17-27(24)30)35(39)33-28-18-8-5-14-25(28)23-26-15-6-9-19-29(26)33/h4-23H,1-3H3. The second kappa shape index (κ2) is 9.52. The lowest BCUT2D eigenvalue weighted by Crippen LogP contribution is -2.39. The van der Waals surface area contributed by atoms with E-state index in [1.54, 1.807) is 0 Å². The van der Waals surface area contributed by atoms with Crippen LogP contribution in [0.1, 0.15) is 47.1 Å². The highest BCUT2D eigenvalue weighted by Crippen LogP contribution is 2.37. The lowest BCUT2D eigenvalue weighted by molar-refractivity contribution is 0.0900. The lowest BCUT2D eigenvalue weighted by Gasteiger charge is -2.30. The molecule has 0 heterocycles. The van der Waals surface area contributed by atoms with E-state index < -0.39 is 0 Å². The molecule has 6 aromatic carbocycles. The average Bonchev–Trinajstić information content (AvgIpc) is 2.95. The Kier molecular flexibility index (Phi) is 6.00. The Balaban J connectivity index is 1.67.